The van der Waals surface area contributed by atoms with Gasteiger partial charge in [0, 0.05) is 42.8 Å². The summed E-state index contributed by atoms with van der Waals surface area (Å²) in [5, 5.41) is 8.28. The fourth-order valence-electron chi connectivity index (χ4n) is 2.45. The van der Waals surface area contributed by atoms with Crippen LogP contribution in [0.3, 0.4) is 0 Å². The number of methoxy groups -OCH3 is 1. The molecule has 0 aliphatic carbocycles. The molecule has 0 saturated heterocycles. The fraction of sp³-hybridized carbons (Fsp3) is 0.316. The highest BCUT2D eigenvalue weighted by Gasteiger charge is 2.06. The van der Waals surface area contributed by atoms with Gasteiger partial charge in [0.1, 0.15) is 0 Å². The van der Waals surface area contributed by atoms with Crippen molar-refractivity contribution in [3.8, 4) is 0 Å². The number of pyridine rings is 1. The van der Waals surface area contributed by atoms with Crippen LogP contribution in [0.5, 0.6) is 0 Å². The van der Waals surface area contributed by atoms with E-state index in [1.54, 1.807) is 31.4 Å². The maximum atomic E-state index is 12.0. The smallest absolute Gasteiger partial charge is 0.319 e. The number of benzene rings is 1. The lowest BCUT2D eigenvalue weighted by Gasteiger charge is -2.09. The second-order valence-corrected chi connectivity index (χ2v) is 5.89. The Hall–Kier alpha value is -2.93. The van der Waals surface area contributed by atoms with Crippen LogP contribution >= 0.6 is 0 Å². The molecule has 0 aliphatic rings. The number of rotatable bonds is 7. The molecule has 2 aromatic rings. The normalized spacial score (nSPS) is 10.3. The molecule has 0 spiro atoms. The second-order valence-electron chi connectivity index (χ2n) is 5.89. The molecule has 0 saturated carbocycles. The van der Waals surface area contributed by atoms with Gasteiger partial charge in [-0.05, 0) is 55.8 Å². The van der Waals surface area contributed by atoms with Gasteiger partial charge in [-0.2, -0.15) is 0 Å². The first-order valence-corrected chi connectivity index (χ1v) is 8.34. The SMILES string of the molecule is COCCNC(=O)c1ccc(NC(=O)NCc2cc(C)nc(C)c2)cc1. The van der Waals surface area contributed by atoms with Gasteiger partial charge >= 0.3 is 6.03 Å². The molecule has 3 amide bonds. The number of carbonyl (C=O) groups is 2. The zero-order valence-corrected chi connectivity index (χ0v) is 15.3. The van der Waals surface area contributed by atoms with Gasteiger partial charge in [-0.1, -0.05) is 0 Å². The fourth-order valence-corrected chi connectivity index (χ4v) is 2.45. The number of nitrogens with zero attached hydrogens (tertiary/aromatic N) is 1. The third-order valence-corrected chi connectivity index (χ3v) is 3.59. The van der Waals surface area contributed by atoms with Crippen LogP contribution in [-0.2, 0) is 11.3 Å². The quantitative estimate of drug-likeness (QED) is 0.664. The number of amides is 3. The topological polar surface area (TPSA) is 92.4 Å². The molecule has 0 bridgehead atoms. The zero-order chi connectivity index (χ0) is 18.9. The monoisotopic (exact) mass is 356 g/mol. The Morgan fingerprint density at radius 3 is 2.31 bits per heavy atom. The summed E-state index contributed by atoms with van der Waals surface area (Å²) in [4.78, 5) is 28.2. The van der Waals surface area contributed by atoms with Crippen LogP contribution in [0.1, 0.15) is 27.3 Å². The molecule has 0 atom stereocenters. The second kappa shape index (κ2) is 9.53. The minimum atomic E-state index is -0.311. The summed E-state index contributed by atoms with van der Waals surface area (Å²) in [5.74, 6) is -0.179. The van der Waals surface area contributed by atoms with Crippen molar-refractivity contribution < 1.29 is 14.3 Å². The molecule has 7 nitrogen and oxygen atoms in total. The lowest BCUT2D eigenvalue weighted by molar-refractivity contribution is 0.0937. The highest BCUT2D eigenvalue weighted by atomic mass is 16.5. The Balaban J connectivity index is 1.84. The summed E-state index contributed by atoms with van der Waals surface area (Å²) in [6.07, 6.45) is 0. The summed E-state index contributed by atoms with van der Waals surface area (Å²) in [6.45, 7) is 5.16. The number of nitrogens with one attached hydrogen (secondary N) is 3. The Bertz CT molecular complexity index is 740. The highest BCUT2D eigenvalue weighted by Crippen LogP contribution is 2.10. The number of hydrogen-bond acceptors (Lipinski definition) is 4. The first-order valence-electron chi connectivity index (χ1n) is 8.34. The average Bonchev–Trinajstić information content (AvgIpc) is 2.60. The molecule has 26 heavy (non-hydrogen) atoms. The maximum Gasteiger partial charge on any atom is 0.319 e. The predicted molar refractivity (Wildman–Crippen MR) is 100 cm³/mol. The highest BCUT2D eigenvalue weighted by molar-refractivity contribution is 5.95. The van der Waals surface area contributed by atoms with Gasteiger partial charge in [-0.15, -0.1) is 0 Å². The summed E-state index contributed by atoms with van der Waals surface area (Å²) in [6, 6.07) is 10.3. The van der Waals surface area contributed by atoms with Crippen molar-refractivity contribution in [1.29, 1.82) is 0 Å². The van der Waals surface area contributed by atoms with E-state index < -0.39 is 0 Å². The number of hydrogen-bond donors (Lipinski definition) is 3. The molecule has 0 unspecified atom stereocenters. The summed E-state index contributed by atoms with van der Waals surface area (Å²) >= 11 is 0. The minimum Gasteiger partial charge on any atom is -0.383 e. The van der Waals surface area contributed by atoms with Gasteiger partial charge in [-0.3, -0.25) is 9.78 Å². The van der Waals surface area contributed by atoms with Gasteiger partial charge in [0.2, 0.25) is 0 Å². The molecular formula is C19H24N4O3. The summed E-state index contributed by atoms with van der Waals surface area (Å²) < 4.78 is 4.89. The van der Waals surface area contributed by atoms with Gasteiger partial charge in [0.25, 0.3) is 5.91 Å². The van der Waals surface area contributed by atoms with Crippen molar-refractivity contribution in [3.05, 3.63) is 58.9 Å². The number of aromatic nitrogens is 1. The minimum absolute atomic E-state index is 0.179. The molecule has 2 rings (SSSR count). The number of urea groups is 1. The lowest BCUT2D eigenvalue weighted by Crippen LogP contribution is -2.28. The molecule has 138 valence electrons. The van der Waals surface area contributed by atoms with Crippen molar-refractivity contribution in [2.24, 2.45) is 0 Å². The van der Waals surface area contributed by atoms with Crippen LogP contribution in [0.4, 0.5) is 10.5 Å². The van der Waals surface area contributed by atoms with Gasteiger partial charge in [-0.25, -0.2) is 4.79 Å². The number of anilines is 1. The van der Waals surface area contributed by atoms with E-state index in [9.17, 15) is 9.59 Å². The van der Waals surface area contributed by atoms with E-state index in [1.807, 2.05) is 26.0 Å². The number of aryl methyl sites for hydroxylation is 2. The molecule has 1 aromatic heterocycles. The van der Waals surface area contributed by atoms with Gasteiger partial charge in [0.05, 0.1) is 6.61 Å². The molecule has 0 radical (unpaired) electrons. The van der Waals surface area contributed by atoms with E-state index >= 15 is 0 Å². The van der Waals surface area contributed by atoms with E-state index in [0.717, 1.165) is 17.0 Å². The Morgan fingerprint density at radius 2 is 1.69 bits per heavy atom. The van der Waals surface area contributed by atoms with Crippen molar-refractivity contribution in [1.82, 2.24) is 15.6 Å². The maximum absolute atomic E-state index is 12.0. The Labute approximate surface area is 153 Å². The van der Waals surface area contributed by atoms with E-state index in [-0.39, 0.29) is 11.9 Å². The third kappa shape index (κ3) is 6.18. The largest absolute Gasteiger partial charge is 0.383 e. The molecule has 7 heteroatoms. The van der Waals surface area contributed by atoms with Crippen molar-refractivity contribution in [3.63, 3.8) is 0 Å². The summed E-state index contributed by atoms with van der Waals surface area (Å²) in [7, 11) is 1.58. The molecule has 1 heterocycles. The van der Waals surface area contributed by atoms with E-state index in [1.165, 1.54) is 0 Å². The predicted octanol–water partition coefficient (Wildman–Crippen LogP) is 2.40. The number of ether oxygens (including phenoxy) is 1. The Kier molecular flexibility index (Phi) is 7.11. The molecule has 0 fully saturated rings. The molecular weight excluding hydrogens is 332 g/mol. The van der Waals surface area contributed by atoms with Crippen LogP contribution in [-0.4, -0.2) is 37.2 Å². The van der Waals surface area contributed by atoms with Crippen LogP contribution in [0.2, 0.25) is 0 Å². The van der Waals surface area contributed by atoms with E-state index in [4.69, 9.17) is 4.74 Å². The lowest BCUT2D eigenvalue weighted by atomic mass is 10.2. The first kappa shape index (κ1) is 19.4. The van der Waals surface area contributed by atoms with Crippen LogP contribution in [0, 0.1) is 13.8 Å². The Morgan fingerprint density at radius 1 is 1.04 bits per heavy atom. The van der Waals surface area contributed by atoms with Crippen molar-refractivity contribution in [2.75, 3.05) is 25.6 Å². The van der Waals surface area contributed by atoms with Crippen LogP contribution in [0.15, 0.2) is 36.4 Å². The molecule has 3 N–H and O–H groups in total. The van der Waals surface area contributed by atoms with Gasteiger partial charge < -0.3 is 20.7 Å². The van der Waals surface area contributed by atoms with Crippen LogP contribution in [0.25, 0.3) is 0 Å². The standard InChI is InChI=1S/C19H24N4O3/c1-13-10-15(11-14(2)22-13)12-21-19(25)23-17-6-4-16(5-7-17)18(24)20-8-9-26-3/h4-7,10-11H,8-9,12H2,1-3H3,(H,20,24)(H2,21,23,25). The van der Waals surface area contributed by atoms with Crippen LogP contribution < -0.4 is 16.0 Å². The van der Waals surface area contributed by atoms with Gasteiger partial charge in [0.15, 0.2) is 0 Å². The van der Waals surface area contributed by atoms with E-state index in [0.29, 0.717) is 30.9 Å². The van der Waals surface area contributed by atoms with E-state index in [2.05, 4.69) is 20.9 Å². The zero-order valence-electron chi connectivity index (χ0n) is 15.3. The number of carbonyl (C=O) groups excluding carboxylic acids is 2. The third-order valence-electron chi connectivity index (χ3n) is 3.59. The van der Waals surface area contributed by atoms with Crippen molar-refractivity contribution >= 4 is 17.6 Å². The molecule has 1 aromatic carbocycles. The average molecular weight is 356 g/mol. The molecule has 0 aliphatic heterocycles. The van der Waals surface area contributed by atoms with Crippen molar-refractivity contribution in [2.45, 2.75) is 20.4 Å². The first-order chi connectivity index (χ1) is 12.5. The summed E-state index contributed by atoms with van der Waals surface area (Å²) in [5.41, 5.74) is 3.96.